The topological polar surface area (TPSA) is 76.4 Å². The Morgan fingerprint density at radius 1 is 1.03 bits per heavy atom. The summed E-state index contributed by atoms with van der Waals surface area (Å²) >= 11 is 0. The SMILES string of the molecule is CCc1cc(-c2nc(C(=O)N(C)Cc3cnn(CC)c3C)c3cc(C)ccc3n2)ccc1N1CCOCC1. The van der Waals surface area contributed by atoms with Gasteiger partial charge in [0.1, 0.15) is 5.69 Å². The number of rotatable bonds is 7. The van der Waals surface area contributed by atoms with E-state index in [0.29, 0.717) is 18.1 Å². The van der Waals surface area contributed by atoms with Gasteiger partial charge in [0, 0.05) is 61.1 Å². The first-order valence-corrected chi connectivity index (χ1v) is 13.4. The van der Waals surface area contributed by atoms with E-state index in [1.807, 2.05) is 50.0 Å². The molecule has 0 atom stereocenters. The van der Waals surface area contributed by atoms with Crippen LogP contribution >= 0.6 is 0 Å². The summed E-state index contributed by atoms with van der Waals surface area (Å²) in [7, 11) is 1.82. The standard InChI is InChI=1S/C30H36N6O2/c1-6-22-17-23(9-11-27(22)35-12-14-38-15-13-35)29-32-26-10-8-20(3)16-25(26)28(33-29)30(37)34(5)19-24-18-31-36(7-2)21(24)4/h8-11,16-18H,6-7,12-15,19H2,1-5H3. The zero-order chi connectivity index (χ0) is 26.8. The number of anilines is 1. The average molecular weight is 513 g/mol. The fourth-order valence-corrected chi connectivity index (χ4v) is 5.12. The lowest BCUT2D eigenvalue weighted by Crippen LogP contribution is -2.36. The largest absolute Gasteiger partial charge is 0.378 e. The molecule has 0 spiro atoms. The zero-order valence-corrected chi connectivity index (χ0v) is 23.0. The number of hydrogen-bond donors (Lipinski definition) is 0. The van der Waals surface area contributed by atoms with Crippen LogP contribution in [0.2, 0.25) is 0 Å². The van der Waals surface area contributed by atoms with E-state index in [1.165, 1.54) is 11.3 Å². The van der Waals surface area contributed by atoms with Gasteiger partial charge in [0.15, 0.2) is 5.82 Å². The molecule has 8 heteroatoms. The van der Waals surface area contributed by atoms with Crippen LogP contribution in [-0.4, -0.2) is 63.9 Å². The summed E-state index contributed by atoms with van der Waals surface area (Å²) in [5, 5.41) is 5.21. The van der Waals surface area contributed by atoms with Crippen LogP contribution in [0.1, 0.15) is 46.7 Å². The highest BCUT2D eigenvalue weighted by Gasteiger charge is 2.22. The van der Waals surface area contributed by atoms with Crippen molar-refractivity contribution in [1.29, 1.82) is 0 Å². The van der Waals surface area contributed by atoms with E-state index in [0.717, 1.165) is 72.6 Å². The lowest BCUT2D eigenvalue weighted by Gasteiger charge is -2.30. The molecule has 38 heavy (non-hydrogen) atoms. The van der Waals surface area contributed by atoms with Crippen molar-refractivity contribution >= 4 is 22.5 Å². The molecule has 1 saturated heterocycles. The van der Waals surface area contributed by atoms with Crippen molar-refractivity contribution in [3.05, 3.63) is 70.7 Å². The number of amides is 1. The molecule has 4 aromatic rings. The predicted octanol–water partition coefficient (Wildman–Crippen LogP) is 4.80. The Balaban J connectivity index is 1.53. The Kier molecular flexibility index (Phi) is 7.42. The minimum absolute atomic E-state index is 0.131. The molecule has 2 aromatic heterocycles. The van der Waals surface area contributed by atoms with Crippen molar-refractivity contribution in [3.63, 3.8) is 0 Å². The number of ether oxygens (including phenoxy) is 1. The molecule has 0 unspecified atom stereocenters. The molecular formula is C30H36N6O2. The van der Waals surface area contributed by atoms with Crippen molar-refractivity contribution in [2.45, 2.75) is 47.2 Å². The Morgan fingerprint density at radius 2 is 1.82 bits per heavy atom. The van der Waals surface area contributed by atoms with Gasteiger partial charge in [-0.15, -0.1) is 0 Å². The van der Waals surface area contributed by atoms with Gasteiger partial charge in [-0.1, -0.05) is 18.6 Å². The zero-order valence-electron chi connectivity index (χ0n) is 23.0. The monoisotopic (exact) mass is 512 g/mol. The number of carbonyl (C=O) groups excluding carboxylic acids is 1. The van der Waals surface area contributed by atoms with Gasteiger partial charge < -0.3 is 14.5 Å². The Bertz CT molecular complexity index is 1470. The highest BCUT2D eigenvalue weighted by atomic mass is 16.5. The van der Waals surface area contributed by atoms with Gasteiger partial charge in [0.25, 0.3) is 5.91 Å². The third-order valence-electron chi connectivity index (χ3n) is 7.38. The van der Waals surface area contributed by atoms with Crippen LogP contribution in [0, 0.1) is 13.8 Å². The van der Waals surface area contributed by atoms with Crippen molar-refractivity contribution in [2.24, 2.45) is 0 Å². The number of aromatic nitrogens is 4. The Hall–Kier alpha value is -3.78. The van der Waals surface area contributed by atoms with Crippen molar-refractivity contribution < 1.29 is 9.53 Å². The number of morpholine rings is 1. The molecule has 5 rings (SSSR count). The second kappa shape index (κ2) is 10.9. The molecule has 1 fully saturated rings. The molecule has 3 heterocycles. The second-order valence-corrected chi connectivity index (χ2v) is 9.95. The van der Waals surface area contributed by atoms with Crippen molar-refractivity contribution in [3.8, 4) is 11.4 Å². The maximum atomic E-state index is 13.8. The van der Waals surface area contributed by atoms with Crippen molar-refractivity contribution in [2.75, 3.05) is 38.3 Å². The third kappa shape index (κ3) is 5.00. The van der Waals surface area contributed by atoms with E-state index in [4.69, 9.17) is 14.7 Å². The quantitative estimate of drug-likeness (QED) is 0.354. The molecule has 198 valence electrons. The minimum Gasteiger partial charge on any atom is -0.378 e. The normalized spacial score (nSPS) is 13.8. The van der Waals surface area contributed by atoms with Crippen LogP contribution in [0.25, 0.3) is 22.3 Å². The van der Waals surface area contributed by atoms with Gasteiger partial charge in [-0.05, 0) is 63.1 Å². The van der Waals surface area contributed by atoms with Crippen LogP contribution in [0.3, 0.4) is 0 Å². The maximum absolute atomic E-state index is 13.8. The molecule has 1 aliphatic heterocycles. The number of hydrogen-bond acceptors (Lipinski definition) is 6. The van der Waals surface area contributed by atoms with Gasteiger partial charge in [0.2, 0.25) is 0 Å². The number of fused-ring (bicyclic) bond motifs is 1. The van der Waals surface area contributed by atoms with Crippen LogP contribution in [-0.2, 0) is 24.2 Å². The molecule has 1 aliphatic rings. The summed E-state index contributed by atoms with van der Waals surface area (Å²) in [6.45, 7) is 12.8. The number of carbonyl (C=O) groups is 1. The first kappa shape index (κ1) is 25.9. The highest BCUT2D eigenvalue weighted by molar-refractivity contribution is 6.05. The molecular weight excluding hydrogens is 476 g/mol. The smallest absolute Gasteiger partial charge is 0.273 e. The molecule has 0 saturated carbocycles. The lowest BCUT2D eigenvalue weighted by atomic mass is 10.0. The van der Waals surface area contributed by atoms with Crippen LogP contribution in [0.15, 0.2) is 42.6 Å². The van der Waals surface area contributed by atoms with E-state index >= 15 is 0 Å². The molecule has 0 N–H and O–H groups in total. The molecule has 2 aromatic carbocycles. The van der Waals surface area contributed by atoms with Crippen molar-refractivity contribution in [1.82, 2.24) is 24.6 Å². The van der Waals surface area contributed by atoms with Crippen LogP contribution in [0.5, 0.6) is 0 Å². The van der Waals surface area contributed by atoms with Crippen LogP contribution < -0.4 is 4.90 Å². The Morgan fingerprint density at radius 3 is 2.53 bits per heavy atom. The molecule has 8 nitrogen and oxygen atoms in total. The molecule has 1 amide bonds. The van der Waals surface area contributed by atoms with E-state index in [1.54, 1.807) is 4.90 Å². The fourth-order valence-electron chi connectivity index (χ4n) is 5.12. The highest BCUT2D eigenvalue weighted by Crippen LogP contribution is 2.29. The summed E-state index contributed by atoms with van der Waals surface area (Å²) in [5.74, 6) is 0.435. The van der Waals surface area contributed by atoms with Gasteiger partial charge in [0.05, 0.1) is 24.9 Å². The summed E-state index contributed by atoms with van der Waals surface area (Å²) in [6, 6.07) is 12.4. The molecule has 0 bridgehead atoms. The number of benzene rings is 2. The number of aryl methyl sites for hydroxylation is 3. The lowest BCUT2D eigenvalue weighted by molar-refractivity contribution is 0.0781. The first-order valence-electron chi connectivity index (χ1n) is 13.4. The van der Waals surface area contributed by atoms with Crippen LogP contribution in [0.4, 0.5) is 5.69 Å². The van der Waals surface area contributed by atoms with Gasteiger partial charge in [-0.3, -0.25) is 9.48 Å². The summed E-state index contributed by atoms with van der Waals surface area (Å²) in [4.78, 5) is 27.7. The average Bonchev–Trinajstić information content (AvgIpc) is 3.30. The minimum atomic E-state index is -0.131. The summed E-state index contributed by atoms with van der Waals surface area (Å²) in [5.41, 5.74) is 7.74. The summed E-state index contributed by atoms with van der Waals surface area (Å²) < 4.78 is 7.49. The maximum Gasteiger partial charge on any atom is 0.273 e. The van der Waals surface area contributed by atoms with Gasteiger partial charge in [-0.25, -0.2) is 9.97 Å². The van der Waals surface area contributed by atoms with E-state index in [2.05, 4.69) is 42.0 Å². The van der Waals surface area contributed by atoms with Gasteiger partial charge in [-0.2, -0.15) is 5.10 Å². The third-order valence-corrected chi connectivity index (χ3v) is 7.38. The van der Waals surface area contributed by atoms with E-state index in [9.17, 15) is 4.79 Å². The van der Waals surface area contributed by atoms with E-state index < -0.39 is 0 Å². The Labute approximate surface area is 224 Å². The molecule has 0 aliphatic carbocycles. The molecule has 0 radical (unpaired) electrons. The fraction of sp³-hybridized carbons (Fsp3) is 0.400. The number of nitrogens with zero attached hydrogens (tertiary/aromatic N) is 6. The first-order chi connectivity index (χ1) is 18.4. The van der Waals surface area contributed by atoms with Gasteiger partial charge >= 0.3 is 0 Å². The predicted molar refractivity (Wildman–Crippen MR) is 151 cm³/mol. The summed E-state index contributed by atoms with van der Waals surface area (Å²) in [6.07, 6.45) is 2.74. The van der Waals surface area contributed by atoms with E-state index in [-0.39, 0.29) is 5.91 Å². The second-order valence-electron chi connectivity index (χ2n) is 9.95.